The zero-order valence-electron chi connectivity index (χ0n) is 11.6. The standard InChI is InChI=1S/C12H17N3O5S/c1-21(18,19)20-11-8-7-10(15(16)17)12(14-11)13-9-5-3-2-4-6-9/h7-9H,2-6H2,1H3,(H,13,14). The third-order valence-electron chi connectivity index (χ3n) is 3.23. The molecule has 1 heterocycles. The van der Waals surface area contributed by atoms with E-state index in [4.69, 9.17) is 0 Å². The molecule has 0 aromatic carbocycles. The van der Waals surface area contributed by atoms with E-state index in [-0.39, 0.29) is 23.4 Å². The molecule has 1 saturated carbocycles. The van der Waals surface area contributed by atoms with E-state index in [0.717, 1.165) is 38.4 Å². The van der Waals surface area contributed by atoms with E-state index in [1.54, 1.807) is 0 Å². The Kier molecular flexibility index (Phi) is 4.61. The summed E-state index contributed by atoms with van der Waals surface area (Å²) in [6.45, 7) is 0. The first-order chi connectivity index (χ1) is 9.85. The highest BCUT2D eigenvalue weighted by Crippen LogP contribution is 2.29. The molecule has 8 nitrogen and oxygen atoms in total. The van der Waals surface area contributed by atoms with E-state index in [0.29, 0.717) is 0 Å². The Balaban J connectivity index is 2.25. The van der Waals surface area contributed by atoms with Gasteiger partial charge in [-0.15, -0.1) is 0 Å². The fourth-order valence-electron chi connectivity index (χ4n) is 2.33. The average Bonchev–Trinajstić information content (AvgIpc) is 2.37. The lowest BCUT2D eigenvalue weighted by molar-refractivity contribution is -0.384. The minimum Gasteiger partial charge on any atom is -0.362 e. The van der Waals surface area contributed by atoms with E-state index in [1.165, 1.54) is 12.1 Å². The fourth-order valence-corrected chi connectivity index (χ4v) is 2.73. The number of hydrogen-bond donors (Lipinski definition) is 1. The zero-order chi connectivity index (χ0) is 15.5. The summed E-state index contributed by atoms with van der Waals surface area (Å²) < 4.78 is 26.9. The number of pyridine rings is 1. The Bertz CT molecular complexity index is 626. The third-order valence-corrected chi connectivity index (χ3v) is 3.70. The maximum absolute atomic E-state index is 11.1. The highest BCUT2D eigenvalue weighted by molar-refractivity contribution is 7.86. The van der Waals surface area contributed by atoms with Crippen molar-refractivity contribution in [2.24, 2.45) is 0 Å². The van der Waals surface area contributed by atoms with Gasteiger partial charge >= 0.3 is 15.8 Å². The lowest BCUT2D eigenvalue weighted by Crippen LogP contribution is -2.23. The summed E-state index contributed by atoms with van der Waals surface area (Å²) in [4.78, 5) is 14.4. The van der Waals surface area contributed by atoms with Crippen LogP contribution in [0.25, 0.3) is 0 Å². The fraction of sp³-hybridized carbons (Fsp3) is 0.583. The second-order valence-electron chi connectivity index (χ2n) is 5.04. The molecule has 0 atom stereocenters. The number of aromatic nitrogens is 1. The second-order valence-corrected chi connectivity index (χ2v) is 6.62. The number of anilines is 1. The molecular formula is C12H17N3O5S. The van der Waals surface area contributed by atoms with Crippen LogP contribution in [-0.4, -0.2) is 30.6 Å². The topological polar surface area (TPSA) is 111 Å². The van der Waals surface area contributed by atoms with E-state index in [1.807, 2.05) is 0 Å². The predicted molar refractivity (Wildman–Crippen MR) is 76.9 cm³/mol. The van der Waals surface area contributed by atoms with E-state index >= 15 is 0 Å². The molecule has 2 rings (SSSR count). The van der Waals surface area contributed by atoms with Crippen LogP contribution in [0.2, 0.25) is 0 Å². The number of rotatable bonds is 5. The predicted octanol–water partition coefficient (Wildman–Crippen LogP) is 2.07. The summed E-state index contributed by atoms with van der Waals surface area (Å²) in [5.74, 6) is -0.130. The number of nitrogens with zero attached hydrogens (tertiary/aromatic N) is 2. The molecule has 1 fully saturated rings. The van der Waals surface area contributed by atoms with Crippen molar-refractivity contribution < 1.29 is 17.5 Å². The van der Waals surface area contributed by atoms with Crippen LogP contribution in [0.3, 0.4) is 0 Å². The van der Waals surface area contributed by atoms with Crippen molar-refractivity contribution in [2.45, 2.75) is 38.1 Å². The van der Waals surface area contributed by atoms with Crippen molar-refractivity contribution >= 4 is 21.6 Å². The van der Waals surface area contributed by atoms with Gasteiger partial charge in [0.15, 0.2) is 0 Å². The molecular weight excluding hydrogens is 298 g/mol. The smallest absolute Gasteiger partial charge is 0.311 e. The Morgan fingerprint density at radius 2 is 2.00 bits per heavy atom. The van der Waals surface area contributed by atoms with Crippen molar-refractivity contribution in [2.75, 3.05) is 11.6 Å². The van der Waals surface area contributed by atoms with Crippen molar-refractivity contribution in [1.82, 2.24) is 4.98 Å². The Morgan fingerprint density at radius 1 is 1.33 bits per heavy atom. The van der Waals surface area contributed by atoms with Crippen molar-refractivity contribution in [1.29, 1.82) is 0 Å². The largest absolute Gasteiger partial charge is 0.362 e. The van der Waals surface area contributed by atoms with Crippen LogP contribution in [0.5, 0.6) is 5.88 Å². The summed E-state index contributed by atoms with van der Waals surface area (Å²) in [5, 5.41) is 14.1. The lowest BCUT2D eigenvalue weighted by Gasteiger charge is -2.23. The maximum atomic E-state index is 11.1. The molecule has 21 heavy (non-hydrogen) atoms. The van der Waals surface area contributed by atoms with Crippen LogP contribution in [0.15, 0.2) is 12.1 Å². The van der Waals surface area contributed by atoms with E-state index in [9.17, 15) is 18.5 Å². The minimum atomic E-state index is -3.72. The second kappa shape index (κ2) is 6.25. The molecule has 1 aliphatic rings. The van der Waals surface area contributed by atoms with Gasteiger partial charge in [-0.25, -0.2) is 0 Å². The van der Waals surface area contributed by atoms with Crippen molar-refractivity contribution in [3.8, 4) is 5.88 Å². The molecule has 0 radical (unpaired) electrons. The molecule has 0 amide bonds. The summed E-state index contributed by atoms with van der Waals surface area (Å²) in [7, 11) is -3.72. The van der Waals surface area contributed by atoms with Gasteiger partial charge in [0, 0.05) is 18.2 Å². The van der Waals surface area contributed by atoms with Gasteiger partial charge in [-0.3, -0.25) is 10.1 Å². The molecule has 1 aromatic heterocycles. The highest BCUT2D eigenvalue weighted by atomic mass is 32.2. The van der Waals surface area contributed by atoms with Crippen LogP contribution < -0.4 is 9.50 Å². The SMILES string of the molecule is CS(=O)(=O)Oc1ccc([N+](=O)[O-])c(NC2CCCCC2)n1. The quantitative estimate of drug-likeness (QED) is 0.503. The molecule has 0 aliphatic heterocycles. The average molecular weight is 315 g/mol. The molecule has 1 aromatic rings. The van der Waals surface area contributed by atoms with Crippen LogP contribution in [0.1, 0.15) is 32.1 Å². The molecule has 0 saturated heterocycles. The van der Waals surface area contributed by atoms with Gasteiger partial charge in [0.05, 0.1) is 11.2 Å². The van der Waals surface area contributed by atoms with Crippen LogP contribution in [-0.2, 0) is 10.1 Å². The highest BCUT2D eigenvalue weighted by Gasteiger charge is 2.22. The van der Waals surface area contributed by atoms with Crippen LogP contribution in [0.4, 0.5) is 11.5 Å². The molecule has 0 spiro atoms. The Hall–Kier alpha value is -1.90. The van der Waals surface area contributed by atoms with Gasteiger partial charge in [0.2, 0.25) is 11.7 Å². The third kappa shape index (κ3) is 4.55. The Labute approximate surface area is 122 Å². The molecule has 0 bridgehead atoms. The minimum absolute atomic E-state index is 0.0491. The summed E-state index contributed by atoms with van der Waals surface area (Å²) in [5.41, 5.74) is -0.193. The first kappa shape index (κ1) is 15.5. The normalized spacial score (nSPS) is 16.4. The van der Waals surface area contributed by atoms with E-state index < -0.39 is 15.0 Å². The summed E-state index contributed by atoms with van der Waals surface area (Å²) >= 11 is 0. The number of nitrogens with one attached hydrogen (secondary N) is 1. The molecule has 116 valence electrons. The van der Waals surface area contributed by atoms with Gasteiger partial charge in [0.25, 0.3) is 0 Å². The maximum Gasteiger partial charge on any atom is 0.311 e. The van der Waals surface area contributed by atoms with Gasteiger partial charge < -0.3 is 9.50 Å². The zero-order valence-corrected chi connectivity index (χ0v) is 12.4. The molecule has 1 aliphatic carbocycles. The van der Waals surface area contributed by atoms with Gasteiger partial charge in [-0.1, -0.05) is 19.3 Å². The van der Waals surface area contributed by atoms with Crippen molar-refractivity contribution in [3.05, 3.63) is 22.2 Å². The van der Waals surface area contributed by atoms with E-state index in [2.05, 4.69) is 14.5 Å². The van der Waals surface area contributed by atoms with Gasteiger partial charge in [-0.2, -0.15) is 13.4 Å². The first-order valence-electron chi connectivity index (χ1n) is 6.66. The molecule has 0 unspecified atom stereocenters. The van der Waals surface area contributed by atoms with Gasteiger partial charge in [0.1, 0.15) is 0 Å². The lowest BCUT2D eigenvalue weighted by atomic mass is 9.95. The summed E-state index contributed by atoms with van der Waals surface area (Å²) in [6, 6.07) is 2.47. The van der Waals surface area contributed by atoms with Crippen molar-refractivity contribution in [3.63, 3.8) is 0 Å². The van der Waals surface area contributed by atoms with Crippen LogP contribution >= 0.6 is 0 Å². The Morgan fingerprint density at radius 3 is 2.57 bits per heavy atom. The molecule has 9 heteroatoms. The monoisotopic (exact) mass is 315 g/mol. The number of hydrogen-bond acceptors (Lipinski definition) is 7. The summed E-state index contributed by atoms with van der Waals surface area (Å²) in [6.07, 6.45) is 6.00. The first-order valence-corrected chi connectivity index (χ1v) is 8.48. The molecule has 1 N–H and O–H groups in total. The van der Waals surface area contributed by atoms with Crippen LogP contribution in [0, 0.1) is 10.1 Å². The number of nitro groups is 1. The van der Waals surface area contributed by atoms with Gasteiger partial charge in [-0.05, 0) is 12.8 Å².